The number of hydrogen-bond donors (Lipinski definition) is 1. The van der Waals surface area contributed by atoms with E-state index in [1.54, 1.807) is 28.4 Å². The number of thioether (sulfide) groups is 2. The Kier molecular flexibility index (Phi) is 6.35. The van der Waals surface area contributed by atoms with Crippen molar-refractivity contribution in [2.24, 2.45) is 0 Å². The second-order valence-electron chi connectivity index (χ2n) is 5.79. The summed E-state index contributed by atoms with van der Waals surface area (Å²) in [5.74, 6) is 0.801. The molecular formula is C19H20N4OS2. The molecule has 0 aliphatic carbocycles. The fraction of sp³-hybridized carbons (Fsp3) is 0.211. The lowest BCUT2D eigenvalue weighted by Gasteiger charge is -2.17. The Labute approximate surface area is 161 Å². The van der Waals surface area contributed by atoms with Crippen molar-refractivity contribution in [2.45, 2.75) is 22.3 Å². The van der Waals surface area contributed by atoms with Crippen LogP contribution < -0.4 is 0 Å². The average molecular weight is 385 g/mol. The molecule has 1 N–H and O–H groups in total. The van der Waals surface area contributed by atoms with Crippen molar-refractivity contribution in [3.8, 4) is 0 Å². The van der Waals surface area contributed by atoms with Crippen molar-refractivity contribution < 1.29 is 4.79 Å². The third-order valence-corrected chi connectivity index (χ3v) is 5.59. The summed E-state index contributed by atoms with van der Waals surface area (Å²) in [7, 11) is 1.83. The Morgan fingerprint density at radius 2 is 1.77 bits per heavy atom. The zero-order valence-electron chi connectivity index (χ0n) is 14.7. The number of benzene rings is 2. The number of H-pyrrole nitrogens is 1. The Balaban J connectivity index is 1.57. The van der Waals surface area contributed by atoms with Crippen LogP contribution in [0.1, 0.15) is 21.5 Å². The van der Waals surface area contributed by atoms with Crippen molar-refractivity contribution >= 4 is 29.4 Å². The summed E-state index contributed by atoms with van der Waals surface area (Å²) in [6, 6.07) is 16.0. The maximum absolute atomic E-state index is 12.6. The third kappa shape index (κ3) is 4.89. The van der Waals surface area contributed by atoms with Gasteiger partial charge in [0.05, 0.1) is 0 Å². The molecule has 3 aromatic rings. The predicted molar refractivity (Wildman–Crippen MR) is 106 cm³/mol. The number of nitrogens with zero attached hydrogens (tertiary/aromatic N) is 3. The molecule has 7 heteroatoms. The highest BCUT2D eigenvalue weighted by Crippen LogP contribution is 2.19. The summed E-state index contributed by atoms with van der Waals surface area (Å²) in [5.41, 5.74) is 2.96. The zero-order chi connectivity index (χ0) is 18.4. The summed E-state index contributed by atoms with van der Waals surface area (Å²) in [6.45, 7) is 0.594. The van der Waals surface area contributed by atoms with Crippen molar-refractivity contribution in [2.75, 3.05) is 13.3 Å². The van der Waals surface area contributed by atoms with Gasteiger partial charge in [-0.3, -0.25) is 9.89 Å². The highest BCUT2D eigenvalue weighted by Gasteiger charge is 2.12. The molecule has 2 aromatic carbocycles. The molecule has 0 radical (unpaired) electrons. The quantitative estimate of drug-likeness (QED) is 0.622. The van der Waals surface area contributed by atoms with E-state index in [1.807, 2.05) is 31.3 Å². The summed E-state index contributed by atoms with van der Waals surface area (Å²) in [6.07, 6.45) is 3.55. The van der Waals surface area contributed by atoms with E-state index in [2.05, 4.69) is 45.7 Å². The minimum absolute atomic E-state index is 0.0216. The van der Waals surface area contributed by atoms with E-state index in [4.69, 9.17) is 0 Å². The van der Waals surface area contributed by atoms with Gasteiger partial charge in [-0.25, -0.2) is 4.98 Å². The highest BCUT2D eigenvalue weighted by molar-refractivity contribution is 7.98. The van der Waals surface area contributed by atoms with Gasteiger partial charge in [-0.2, -0.15) is 5.10 Å². The van der Waals surface area contributed by atoms with Gasteiger partial charge in [0.25, 0.3) is 5.91 Å². The molecule has 3 rings (SSSR count). The van der Waals surface area contributed by atoms with Gasteiger partial charge in [0.15, 0.2) is 5.16 Å². The lowest BCUT2D eigenvalue weighted by atomic mass is 10.1. The Bertz CT molecular complexity index is 833. The molecule has 5 nitrogen and oxygen atoms in total. The van der Waals surface area contributed by atoms with Crippen molar-refractivity contribution in [1.82, 2.24) is 20.1 Å². The number of amides is 1. The second-order valence-corrected chi connectivity index (χ2v) is 7.63. The van der Waals surface area contributed by atoms with Gasteiger partial charge in [0, 0.05) is 29.8 Å². The van der Waals surface area contributed by atoms with Crippen molar-refractivity contribution in [3.63, 3.8) is 0 Å². The molecule has 0 aliphatic rings. The van der Waals surface area contributed by atoms with Crippen LogP contribution in [0.2, 0.25) is 0 Å². The molecule has 0 spiro atoms. The first-order valence-electron chi connectivity index (χ1n) is 8.11. The van der Waals surface area contributed by atoms with Gasteiger partial charge in [-0.1, -0.05) is 36.0 Å². The zero-order valence-corrected chi connectivity index (χ0v) is 16.3. The van der Waals surface area contributed by atoms with E-state index in [9.17, 15) is 4.79 Å². The summed E-state index contributed by atoms with van der Waals surface area (Å²) in [5, 5.41) is 7.44. The first kappa shape index (κ1) is 18.5. The minimum atomic E-state index is 0.0216. The molecule has 1 heterocycles. The highest BCUT2D eigenvalue weighted by atomic mass is 32.2. The fourth-order valence-electron chi connectivity index (χ4n) is 2.46. The lowest BCUT2D eigenvalue weighted by Crippen LogP contribution is -2.26. The first-order valence-corrected chi connectivity index (χ1v) is 10.3. The summed E-state index contributed by atoms with van der Waals surface area (Å²) >= 11 is 3.29. The Morgan fingerprint density at radius 1 is 1.08 bits per heavy atom. The molecule has 1 amide bonds. The largest absolute Gasteiger partial charge is 0.337 e. The third-order valence-electron chi connectivity index (χ3n) is 3.89. The minimum Gasteiger partial charge on any atom is -0.337 e. The van der Waals surface area contributed by atoms with E-state index in [0.29, 0.717) is 12.1 Å². The van der Waals surface area contributed by atoms with Gasteiger partial charge in [0.2, 0.25) is 0 Å². The number of aromatic amines is 1. The van der Waals surface area contributed by atoms with Crippen LogP contribution in [-0.4, -0.2) is 39.3 Å². The van der Waals surface area contributed by atoms with Crippen LogP contribution in [-0.2, 0) is 12.3 Å². The maximum atomic E-state index is 12.6. The van der Waals surface area contributed by atoms with Crippen molar-refractivity contribution in [1.29, 1.82) is 0 Å². The lowest BCUT2D eigenvalue weighted by molar-refractivity contribution is 0.0785. The first-order chi connectivity index (χ1) is 12.7. The molecule has 0 bridgehead atoms. The Hall–Kier alpha value is -2.25. The molecule has 0 atom stereocenters. The smallest absolute Gasteiger partial charge is 0.253 e. The van der Waals surface area contributed by atoms with Gasteiger partial charge in [-0.05, 0) is 41.6 Å². The van der Waals surface area contributed by atoms with E-state index in [0.717, 1.165) is 22.0 Å². The number of rotatable bonds is 7. The molecule has 134 valence electrons. The van der Waals surface area contributed by atoms with Crippen LogP contribution in [0.25, 0.3) is 0 Å². The molecule has 0 aliphatic heterocycles. The molecule has 1 aromatic heterocycles. The number of aromatic nitrogens is 3. The van der Waals surface area contributed by atoms with E-state index >= 15 is 0 Å². The van der Waals surface area contributed by atoms with E-state index in [-0.39, 0.29) is 5.91 Å². The van der Waals surface area contributed by atoms with E-state index < -0.39 is 0 Å². The topological polar surface area (TPSA) is 61.9 Å². The normalized spacial score (nSPS) is 10.7. The van der Waals surface area contributed by atoms with Gasteiger partial charge >= 0.3 is 0 Å². The van der Waals surface area contributed by atoms with Gasteiger partial charge < -0.3 is 4.90 Å². The van der Waals surface area contributed by atoms with Crippen LogP contribution in [0.15, 0.2) is 64.9 Å². The standard InChI is InChI=1S/C19H20N4OS2/c1-23(11-14-5-9-17(25-2)10-6-14)18(24)16-7-3-15(4-8-16)12-26-19-20-13-21-22-19/h3-10,13H,11-12H2,1-2H3,(H,20,21,22). The fourth-order valence-corrected chi connectivity index (χ4v) is 3.60. The number of nitrogens with one attached hydrogen (secondary N) is 1. The van der Waals surface area contributed by atoms with E-state index in [1.165, 1.54) is 11.2 Å². The number of hydrogen-bond acceptors (Lipinski definition) is 5. The van der Waals surface area contributed by atoms with Crippen molar-refractivity contribution in [3.05, 3.63) is 71.5 Å². The number of carbonyl (C=O) groups is 1. The predicted octanol–water partition coefficient (Wildman–Crippen LogP) is 4.09. The molecule has 0 saturated carbocycles. The van der Waals surface area contributed by atoms with Gasteiger partial charge in [0.1, 0.15) is 6.33 Å². The molecule has 0 saturated heterocycles. The Morgan fingerprint density at radius 3 is 2.38 bits per heavy atom. The van der Waals surface area contributed by atoms with Crippen LogP contribution in [0.3, 0.4) is 0 Å². The van der Waals surface area contributed by atoms with Crippen LogP contribution in [0.5, 0.6) is 0 Å². The monoisotopic (exact) mass is 384 g/mol. The molecule has 0 unspecified atom stereocenters. The van der Waals surface area contributed by atoms with Crippen LogP contribution in [0.4, 0.5) is 0 Å². The van der Waals surface area contributed by atoms with Crippen LogP contribution >= 0.6 is 23.5 Å². The maximum Gasteiger partial charge on any atom is 0.253 e. The molecule has 0 fully saturated rings. The SMILES string of the molecule is CSc1ccc(CN(C)C(=O)c2ccc(CSc3ncn[nH]3)cc2)cc1. The number of carbonyl (C=O) groups excluding carboxylic acids is 1. The molecular weight excluding hydrogens is 364 g/mol. The summed E-state index contributed by atoms with van der Waals surface area (Å²) in [4.78, 5) is 19.7. The molecule has 26 heavy (non-hydrogen) atoms. The van der Waals surface area contributed by atoms with Crippen LogP contribution in [0, 0.1) is 0 Å². The second kappa shape index (κ2) is 8.91. The van der Waals surface area contributed by atoms with Gasteiger partial charge in [-0.15, -0.1) is 11.8 Å². The summed E-state index contributed by atoms with van der Waals surface area (Å²) < 4.78 is 0. The average Bonchev–Trinajstić information content (AvgIpc) is 3.20.